The number of nitrogens with zero attached hydrogens (tertiary/aromatic N) is 4. The van der Waals surface area contributed by atoms with Gasteiger partial charge in [0.15, 0.2) is 0 Å². The molecule has 1 aliphatic heterocycles. The topological polar surface area (TPSA) is 31.3 Å². The van der Waals surface area contributed by atoms with Crippen molar-refractivity contribution in [2.45, 2.75) is 40.5 Å². The first-order valence-electron chi connectivity index (χ1n) is 10.00. The van der Waals surface area contributed by atoms with E-state index in [-0.39, 0.29) is 0 Å². The molecule has 5 nitrogen and oxygen atoms in total. The van der Waals surface area contributed by atoms with Crippen molar-refractivity contribution in [3.05, 3.63) is 35.0 Å². The van der Waals surface area contributed by atoms with Crippen LogP contribution in [0.4, 0.5) is 0 Å². The van der Waals surface area contributed by atoms with Crippen molar-refractivity contribution in [1.82, 2.24) is 14.9 Å². The minimum Gasteiger partial charge on any atom is -0.383 e. The lowest BCUT2D eigenvalue weighted by molar-refractivity contribution is 0.0506. The third kappa shape index (κ3) is 9.06. The lowest BCUT2D eigenvalue weighted by Gasteiger charge is -2.35. The summed E-state index contributed by atoms with van der Waals surface area (Å²) in [6.07, 6.45) is 9.69. The van der Waals surface area contributed by atoms with E-state index in [4.69, 9.17) is 21.3 Å². The molecule has 0 aromatic heterocycles. The summed E-state index contributed by atoms with van der Waals surface area (Å²) < 4.78 is 5.22. The fourth-order valence-electron chi connectivity index (χ4n) is 3.01. The van der Waals surface area contributed by atoms with Gasteiger partial charge in [-0.15, -0.1) is 0 Å². The second-order valence-corrected chi connectivity index (χ2v) is 7.21. The number of ether oxygens (including phenoxy) is 1. The van der Waals surface area contributed by atoms with Gasteiger partial charge in [-0.2, -0.15) is 0 Å². The molecule has 27 heavy (non-hydrogen) atoms. The summed E-state index contributed by atoms with van der Waals surface area (Å²) >= 11 is 6.11. The van der Waals surface area contributed by atoms with E-state index in [0.717, 1.165) is 75.2 Å². The molecule has 0 aromatic rings. The molecular formula is C21H37ClN4O. The first kappa shape index (κ1) is 23.9. The van der Waals surface area contributed by atoms with Crippen molar-refractivity contribution in [2.75, 3.05) is 53.0 Å². The summed E-state index contributed by atoms with van der Waals surface area (Å²) in [6.45, 7) is 15.4. The smallest absolute Gasteiger partial charge is 0.118 e. The molecular weight excluding hydrogens is 360 g/mol. The van der Waals surface area contributed by atoms with E-state index in [1.165, 1.54) is 0 Å². The van der Waals surface area contributed by atoms with E-state index in [9.17, 15) is 0 Å². The molecule has 0 amide bonds. The van der Waals surface area contributed by atoms with Crippen molar-refractivity contribution >= 4 is 17.4 Å². The van der Waals surface area contributed by atoms with Crippen LogP contribution < -0.4 is 0 Å². The number of hydrogen-bond acceptors (Lipinski definition) is 4. The highest BCUT2D eigenvalue weighted by Crippen LogP contribution is 2.11. The Labute approximate surface area is 171 Å². The lowest BCUT2D eigenvalue weighted by atomic mass is 10.3. The van der Waals surface area contributed by atoms with Gasteiger partial charge in [-0.1, -0.05) is 30.2 Å². The number of allylic oxidation sites excluding steroid dienone is 5. The molecule has 0 aliphatic carbocycles. The van der Waals surface area contributed by atoms with Crippen LogP contribution in [-0.4, -0.2) is 73.7 Å². The fourth-order valence-corrected chi connectivity index (χ4v) is 3.09. The lowest BCUT2D eigenvalue weighted by Crippen LogP contribution is -2.48. The molecule has 1 aliphatic rings. The number of rotatable bonds is 9. The molecule has 6 heteroatoms. The average Bonchev–Trinajstić information content (AvgIpc) is 2.90. The summed E-state index contributed by atoms with van der Waals surface area (Å²) in [6, 6.07) is 0. The van der Waals surface area contributed by atoms with Crippen molar-refractivity contribution in [2.24, 2.45) is 4.99 Å². The van der Waals surface area contributed by atoms with Crippen molar-refractivity contribution in [3.8, 4) is 0 Å². The molecule has 0 radical (unpaired) electrons. The molecule has 1 rings (SSSR count). The molecule has 0 aromatic carbocycles. The van der Waals surface area contributed by atoms with Gasteiger partial charge in [0.1, 0.15) is 5.84 Å². The molecule has 0 spiro atoms. The van der Waals surface area contributed by atoms with E-state index < -0.39 is 0 Å². The summed E-state index contributed by atoms with van der Waals surface area (Å²) in [4.78, 5) is 7.19. The van der Waals surface area contributed by atoms with Gasteiger partial charge < -0.3 is 4.74 Å². The van der Waals surface area contributed by atoms with Crippen LogP contribution in [0.1, 0.15) is 40.5 Å². The van der Waals surface area contributed by atoms with E-state index in [1.807, 2.05) is 38.3 Å². The monoisotopic (exact) mass is 396 g/mol. The van der Waals surface area contributed by atoms with Crippen LogP contribution in [0, 0.1) is 0 Å². The molecule has 0 atom stereocenters. The van der Waals surface area contributed by atoms with Crippen molar-refractivity contribution in [3.63, 3.8) is 0 Å². The van der Waals surface area contributed by atoms with E-state index >= 15 is 0 Å². The van der Waals surface area contributed by atoms with Crippen LogP contribution in [0.3, 0.4) is 0 Å². The van der Waals surface area contributed by atoms with Gasteiger partial charge in [0.25, 0.3) is 0 Å². The van der Waals surface area contributed by atoms with E-state index in [1.54, 1.807) is 7.11 Å². The molecule has 1 saturated heterocycles. The number of amidine groups is 1. The van der Waals surface area contributed by atoms with Crippen LogP contribution in [0.15, 0.2) is 40.0 Å². The third-order valence-corrected chi connectivity index (χ3v) is 5.08. The summed E-state index contributed by atoms with van der Waals surface area (Å²) in [7, 11) is 1.77. The van der Waals surface area contributed by atoms with Gasteiger partial charge in [0, 0.05) is 57.5 Å². The summed E-state index contributed by atoms with van der Waals surface area (Å²) in [5.74, 6) is 1.10. The Hall–Kier alpha value is -1.14. The minimum absolute atomic E-state index is 0.775. The molecule has 154 valence electrons. The normalized spacial score (nSPS) is 17.6. The van der Waals surface area contributed by atoms with Crippen molar-refractivity contribution in [1.29, 1.82) is 0 Å². The molecule has 1 fully saturated rings. The molecule has 0 saturated carbocycles. The molecule has 0 unspecified atom stereocenters. The second kappa shape index (κ2) is 13.9. The number of halogens is 1. The van der Waals surface area contributed by atoms with Gasteiger partial charge in [-0.3, -0.25) is 9.91 Å². The van der Waals surface area contributed by atoms with E-state index in [2.05, 4.69) is 28.8 Å². The minimum atomic E-state index is 0.775. The highest BCUT2D eigenvalue weighted by molar-refractivity contribution is 6.31. The van der Waals surface area contributed by atoms with E-state index in [0.29, 0.717) is 0 Å². The largest absolute Gasteiger partial charge is 0.383 e. The van der Waals surface area contributed by atoms with Gasteiger partial charge in [-0.05, 0) is 45.9 Å². The Bertz CT molecular complexity index is 538. The Morgan fingerprint density at radius 1 is 1.15 bits per heavy atom. The average molecular weight is 397 g/mol. The summed E-state index contributed by atoms with van der Waals surface area (Å²) in [5, 5.41) is 5.55. The van der Waals surface area contributed by atoms with Gasteiger partial charge in [-0.25, -0.2) is 10.0 Å². The Morgan fingerprint density at radius 3 is 2.56 bits per heavy atom. The van der Waals surface area contributed by atoms with Crippen LogP contribution in [-0.2, 0) is 4.74 Å². The Morgan fingerprint density at radius 2 is 1.93 bits per heavy atom. The molecule has 1 heterocycles. The van der Waals surface area contributed by atoms with Crippen molar-refractivity contribution < 1.29 is 4.74 Å². The van der Waals surface area contributed by atoms with Crippen LogP contribution >= 0.6 is 11.6 Å². The van der Waals surface area contributed by atoms with Crippen LogP contribution in [0.25, 0.3) is 0 Å². The van der Waals surface area contributed by atoms with Gasteiger partial charge in [0.05, 0.1) is 6.61 Å². The maximum absolute atomic E-state index is 6.11. The number of hydrazine groups is 1. The number of hydrogen-bond donors (Lipinski definition) is 0. The predicted molar refractivity (Wildman–Crippen MR) is 117 cm³/mol. The maximum atomic E-state index is 6.11. The highest BCUT2D eigenvalue weighted by atomic mass is 35.5. The summed E-state index contributed by atoms with van der Waals surface area (Å²) in [5.41, 5.74) is 1.11. The fraction of sp³-hybridized carbons (Fsp3) is 0.667. The zero-order valence-corrected chi connectivity index (χ0v) is 18.5. The quantitative estimate of drug-likeness (QED) is 0.330. The molecule has 0 bridgehead atoms. The van der Waals surface area contributed by atoms with Gasteiger partial charge in [0.2, 0.25) is 0 Å². The Balaban J connectivity index is 2.71. The zero-order chi connectivity index (χ0) is 20.1. The van der Waals surface area contributed by atoms with Gasteiger partial charge >= 0.3 is 0 Å². The second-order valence-electron chi connectivity index (χ2n) is 6.80. The SMILES string of the molecule is CCC(=N/C=C/C=C\C(Cl)=C(C)C)N(CC)N1CCCN(CCOC)CC1. The van der Waals surface area contributed by atoms with Crippen LogP contribution in [0.2, 0.25) is 0 Å². The zero-order valence-electron chi connectivity index (χ0n) is 17.7. The number of methoxy groups -OCH3 is 1. The first-order chi connectivity index (χ1) is 13.0. The molecule has 0 N–H and O–H groups in total. The third-order valence-electron chi connectivity index (χ3n) is 4.57. The first-order valence-corrected chi connectivity index (χ1v) is 10.4. The standard InChI is InChI=1S/C21H37ClN4O/c1-6-21(23-12-9-8-11-20(22)19(3)4)26(7-2)25-14-10-13-24(15-16-25)17-18-27-5/h8-9,11-12H,6-7,10,13-18H2,1-5H3/b11-8-,12-9+,23-21?. The predicted octanol–water partition coefficient (Wildman–Crippen LogP) is 4.29. The number of aliphatic imine (C=N–C) groups is 1. The Kier molecular flexibility index (Phi) is 12.3. The van der Waals surface area contributed by atoms with Crippen LogP contribution in [0.5, 0.6) is 0 Å². The highest BCUT2D eigenvalue weighted by Gasteiger charge is 2.20. The maximum Gasteiger partial charge on any atom is 0.118 e.